The summed E-state index contributed by atoms with van der Waals surface area (Å²) in [4.78, 5) is 0. The molecule has 1 unspecified atom stereocenters. The Morgan fingerprint density at radius 2 is 1.92 bits per heavy atom. The second-order valence-electron chi connectivity index (χ2n) is 5.54. The number of hydrogen-bond donors (Lipinski definition) is 1. The lowest BCUT2D eigenvalue weighted by Crippen LogP contribution is -2.33. The largest absolute Gasteiger partial charge is 0.461 e. The van der Waals surface area contributed by atoms with Gasteiger partial charge in [-0.25, -0.2) is 0 Å². The van der Waals surface area contributed by atoms with Gasteiger partial charge in [0.05, 0.1) is 6.04 Å². The van der Waals surface area contributed by atoms with Crippen LogP contribution in [0.2, 0.25) is 0 Å². The third-order valence-corrected chi connectivity index (χ3v) is 4.64. The number of hydrogen-bond acceptors (Lipinski definition) is 2. The molecule has 1 atom stereocenters. The minimum Gasteiger partial charge on any atom is -0.428 e. The van der Waals surface area contributed by atoms with Crippen molar-refractivity contribution in [1.29, 1.82) is 0 Å². The van der Waals surface area contributed by atoms with Crippen LogP contribution in [0.1, 0.15) is 23.6 Å². The number of ether oxygens (including phenoxy) is 1. The van der Waals surface area contributed by atoms with E-state index in [2.05, 4.69) is 26.0 Å². The second-order valence-corrected chi connectivity index (χ2v) is 6.39. The van der Waals surface area contributed by atoms with Crippen LogP contribution in [-0.2, 0) is 6.42 Å². The van der Waals surface area contributed by atoms with Crippen molar-refractivity contribution >= 4 is 21.6 Å². The third kappa shape index (κ3) is 3.50. The van der Waals surface area contributed by atoms with E-state index >= 15 is 0 Å². The molecule has 3 rings (SSSR count). The molecule has 1 N–H and O–H groups in total. The molecule has 0 saturated heterocycles. The van der Waals surface area contributed by atoms with Gasteiger partial charge in [-0.15, -0.1) is 0 Å². The Morgan fingerprint density at radius 1 is 1.17 bits per heavy atom. The van der Waals surface area contributed by atoms with Crippen molar-refractivity contribution in [2.45, 2.75) is 31.4 Å². The Kier molecular flexibility index (Phi) is 4.71. The standard InChI is InChI=1S/C17H14BrF4NO/c18-13-5-2-6-15-12(13)7-8-14(23-15)10-3-1-4-11(9-10)24-17(21,22)16(19)20/h1-6,9,14,16,23H,7-8H2. The van der Waals surface area contributed by atoms with Crippen molar-refractivity contribution in [3.8, 4) is 5.75 Å². The molecule has 0 bridgehead atoms. The second kappa shape index (κ2) is 6.63. The summed E-state index contributed by atoms with van der Waals surface area (Å²) in [5.41, 5.74) is 2.83. The Hall–Kier alpha value is -1.76. The van der Waals surface area contributed by atoms with Crippen LogP contribution in [0.25, 0.3) is 0 Å². The van der Waals surface area contributed by atoms with Crippen molar-refractivity contribution < 1.29 is 22.3 Å². The molecule has 0 amide bonds. The predicted molar refractivity (Wildman–Crippen MR) is 86.8 cm³/mol. The fourth-order valence-corrected chi connectivity index (χ4v) is 3.31. The minimum absolute atomic E-state index is 0.101. The molecular weight excluding hydrogens is 390 g/mol. The summed E-state index contributed by atoms with van der Waals surface area (Å²) in [6, 6.07) is 11.6. The van der Waals surface area contributed by atoms with Gasteiger partial charge >= 0.3 is 12.5 Å². The third-order valence-electron chi connectivity index (χ3n) is 3.90. The lowest BCUT2D eigenvalue weighted by Gasteiger charge is -2.28. The maximum absolute atomic E-state index is 13.1. The molecule has 0 radical (unpaired) electrons. The van der Waals surface area contributed by atoms with E-state index in [1.54, 1.807) is 6.07 Å². The van der Waals surface area contributed by atoms with Gasteiger partial charge in [-0.3, -0.25) is 0 Å². The van der Waals surface area contributed by atoms with Gasteiger partial charge in [0, 0.05) is 10.2 Å². The summed E-state index contributed by atoms with van der Waals surface area (Å²) in [6.07, 6.45) is -6.81. The summed E-state index contributed by atoms with van der Waals surface area (Å²) >= 11 is 3.50. The Bertz CT molecular complexity index is 738. The highest BCUT2D eigenvalue weighted by molar-refractivity contribution is 9.10. The van der Waals surface area contributed by atoms with E-state index in [9.17, 15) is 17.6 Å². The molecule has 128 valence electrons. The lowest BCUT2D eigenvalue weighted by molar-refractivity contribution is -0.253. The van der Waals surface area contributed by atoms with E-state index in [0.29, 0.717) is 5.56 Å². The van der Waals surface area contributed by atoms with Crippen LogP contribution in [0, 0.1) is 0 Å². The van der Waals surface area contributed by atoms with Crippen LogP contribution in [0.3, 0.4) is 0 Å². The van der Waals surface area contributed by atoms with E-state index in [0.717, 1.165) is 28.6 Å². The lowest BCUT2D eigenvalue weighted by atomic mass is 9.93. The van der Waals surface area contributed by atoms with E-state index in [-0.39, 0.29) is 11.8 Å². The van der Waals surface area contributed by atoms with Crippen LogP contribution in [-0.4, -0.2) is 12.5 Å². The number of rotatable bonds is 4. The van der Waals surface area contributed by atoms with Gasteiger partial charge in [-0.2, -0.15) is 17.6 Å². The average Bonchev–Trinajstić information content (AvgIpc) is 2.54. The molecule has 24 heavy (non-hydrogen) atoms. The summed E-state index contributed by atoms with van der Waals surface area (Å²) < 4.78 is 55.8. The quantitative estimate of drug-likeness (QED) is 0.652. The van der Waals surface area contributed by atoms with Gasteiger partial charge < -0.3 is 10.1 Å². The fraction of sp³-hybridized carbons (Fsp3) is 0.294. The normalized spacial score (nSPS) is 17.3. The topological polar surface area (TPSA) is 21.3 Å². The zero-order valence-electron chi connectivity index (χ0n) is 12.4. The maximum atomic E-state index is 13.1. The SMILES string of the molecule is FC(F)C(F)(F)Oc1cccc(C2CCc3c(Br)cccc3N2)c1. The number of halogens is 5. The number of nitrogens with one attached hydrogen (secondary N) is 1. The van der Waals surface area contributed by atoms with Gasteiger partial charge in [0.15, 0.2) is 0 Å². The van der Waals surface area contributed by atoms with Crippen LogP contribution in [0.15, 0.2) is 46.9 Å². The maximum Gasteiger partial charge on any atom is 0.461 e. The van der Waals surface area contributed by atoms with Gasteiger partial charge in [-0.05, 0) is 48.2 Å². The summed E-state index contributed by atoms with van der Waals surface area (Å²) in [5, 5.41) is 3.35. The van der Waals surface area contributed by atoms with Gasteiger partial charge in [0.25, 0.3) is 0 Å². The highest BCUT2D eigenvalue weighted by atomic mass is 79.9. The number of benzene rings is 2. The van der Waals surface area contributed by atoms with Crippen molar-refractivity contribution in [2.24, 2.45) is 0 Å². The first kappa shape index (κ1) is 17.1. The molecule has 0 aliphatic carbocycles. The van der Waals surface area contributed by atoms with Gasteiger partial charge in [-0.1, -0.05) is 34.1 Å². The highest BCUT2D eigenvalue weighted by Gasteiger charge is 2.44. The van der Waals surface area contributed by atoms with Crippen molar-refractivity contribution in [3.63, 3.8) is 0 Å². The smallest absolute Gasteiger partial charge is 0.428 e. The van der Waals surface area contributed by atoms with Crippen molar-refractivity contribution in [1.82, 2.24) is 0 Å². The van der Waals surface area contributed by atoms with E-state index in [4.69, 9.17) is 0 Å². The predicted octanol–water partition coefficient (Wildman–Crippen LogP) is 5.79. The van der Waals surface area contributed by atoms with Gasteiger partial charge in [0.1, 0.15) is 5.75 Å². The average molecular weight is 404 g/mol. The molecule has 0 aromatic heterocycles. The Balaban J connectivity index is 1.80. The minimum atomic E-state index is -4.50. The van der Waals surface area contributed by atoms with Crippen LogP contribution in [0.5, 0.6) is 5.75 Å². The van der Waals surface area contributed by atoms with E-state index in [1.165, 1.54) is 18.2 Å². The zero-order chi connectivity index (χ0) is 17.3. The summed E-state index contributed by atoms with van der Waals surface area (Å²) in [7, 11) is 0. The molecular formula is C17H14BrF4NO. The highest BCUT2D eigenvalue weighted by Crippen LogP contribution is 2.37. The van der Waals surface area contributed by atoms with E-state index < -0.39 is 12.5 Å². The Labute approximate surface area is 145 Å². The molecule has 1 aliphatic heterocycles. The molecule has 2 aromatic carbocycles. The first-order valence-electron chi connectivity index (χ1n) is 7.35. The molecule has 2 aromatic rings. The molecule has 2 nitrogen and oxygen atoms in total. The number of anilines is 1. The van der Waals surface area contributed by atoms with E-state index in [1.807, 2.05) is 18.2 Å². The van der Waals surface area contributed by atoms with Crippen LogP contribution >= 0.6 is 15.9 Å². The van der Waals surface area contributed by atoms with Crippen LogP contribution < -0.4 is 10.1 Å². The number of fused-ring (bicyclic) bond motifs is 1. The van der Waals surface area contributed by atoms with Crippen molar-refractivity contribution in [3.05, 3.63) is 58.1 Å². The summed E-state index contributed by atoms with van der Waals surface area (Å²) in [5.74, 6) is -0.278. The molecule has 0 spiro atoms. The zero-order valence-corrected chi connectivity index (χ0v) is 14.0. The molecule has 1 aliphatic rings. The monoisotopic (exact) mass is 403 g/mol. The van der Waals surface area contributed by atoms with Crippen LogP contribution in [0.4, 0.5) is 23.2 Å². The molecule has 0 fully saturated rings. The first-order chi connectivity index (χ1) is 11.4. The molecule has 0 saturated carbocycles. The van der Waals surface area contributed by atoms with Gasteiger partial charge in [0.2, 0.25) is 0 Å². The molecule has 7 heteroatoms. The first-order valence-corrected chi connectivity index (χ1v) is 8.15. The Morgan fingerprint density at radius 3 is 2.67 bits per heavy atom. The van der Waals surface area contributed by atoms with Crippen molar-refractivity contribution in [2.75, 3.05) is 5.32 Å². The number of alkyl halides is 4. The fourth-order valence-electron chi connectivity index (χ4n) is 2.74. The molecule has 1 heterocycles. The summed E-state index contributed by atoms with van der Waals surface area (Å²) in [6.45, 7) is 0.